The molecule has 2 rings (SSSR count). The van der Waals surface area contributed by atoms with Crippen molar-refractivity contribution < 1.29 is 9.90 Å². The van der Waals surface area contributed by atoms with Gasteiger partial charge in [-0.3, -0.25) is 9.59 Å². The van der Waals surface area contributed by atoms with E-state index in [9.17, 15) is 14.7 Å². The molecule has 1 aliphatic rings. The summed E-state index contributed by atoms with van der Waals surface area (Å²) in [6.45, 7) is -0.0674. The van der Waals surface area contributed by atoms with E-state index in [2.05, 4.69) is 15.5 Å². The van der Waals surface area contributed by atoms with Crippen molar-refractivity contribution in [2.45, 2.75) is 24.8 Å². The highest BCUT2D eigenvalue weighted by atomic mass is 16.3. The number of rotatable bonds is 3. The monoisotopic (exact) mass is 223 g/mol. The van der Waals surface area contributed by atoms with Crippen molar-refractivity contribution >= 4 is 5.91 Å². The molecular formula is C10H13N3O3. The average molecular weight is 223 g/mol. The van der Waals surface area contributed by atoms with Crippen molar-refractivity contribution in [3.8, 4) is 0 Å². The molecule has 1 aromatic heterocycles. The maximum Gasteiger partial charge on any atom is 0.272 e. The number of aliphatic hydroxyl groups is 1. The summed E-state index contributed by atoms with van der Waals surface area (Å²) in [6.07, 6.45) is 2.55. The highest BCUT2D eigenvalue weighted by Crippen LogP contribution is 2.31. The van der Waals surface area contributed by atoms with Crippen LogP contribution in [0, 0.1) is 0 Å². The predicted octanol–water partition coefficient (Wildman–Crippen LogP) is -0.585. The number of hydrogen-bond acceptors (Lipinski definition) is 4. The number of aliphatic hydroxyl groups excluding tert-OH is 1. The van der Waals surface area contributed by atoms with Crippen LogP contribution in [0.4, 0.5) is 0 Å². The Morgan fingerprint density at radius 3 is 2.75 bits per heavy atom. The minimum atomic E-state index is -0.491. The zero-order chi connectivity index (χ0) is 11.6. The molecule has 1 aromatic rings. The van der Waals surface area contributed by atoms with E-state index in [0.717, 1.165) is 19.3 Å². The molecular weight excluding hydrogens is 210 g/mol. The van der Waals surface area contributed by atoms with Crippen LogP contribution >= 0.6 is 0 Å². The number of carbonyl (C=O) groups excluding carboxylic acids is 1. The molecule has 0 aromatic carbocycles. The van der Waals surface area contributed by atoms with Gasteiger partial charge >= 0.3 is 0 Å². The number of aromatic nitrogens is 2. The Kier molecular flexibility index (Phi) is 2.74. The number of amides is 1. The normalized spacial score (nSPS) is 17.6. The van der Waals surface area contributed by atoms with Crippen LogP contribution in [0.1, 0.15) is 29.8 Å². The van der Waals surface area contributed by atoms with E-state index >= 15 is 0 Å². The molecule has 1 saturated carbocycles. The SMILES string of the molecule is O=C(NC1(CO)CCC1)c1ccc(=O)[nH]n1. The van der Waals surface area contributed by atoms with Crippen molar-refractivity contribution in [2.24, 2.45) is 0 Å². The fourth-order valence-electron chi connectivity index (χ4n) is 1.70. The van der Waals surface area contributed by atoms with Crippen molar-refractivity contribution in [3.63, 3.8) is 0 Å². The number of hydrogen-bond donors (Lipinski definition) is 3. The lowest BCUT2D eigenvalue weighted by Crippen LogP contribution is -2.56. The second-order valence-corrected chi connectivity index (χ2v) is 4.05. The molecule has 3 N–H and O–H groups in total. The van der Waals surface area contributed by atoms with E-state index in [4.69, 9.17) is 0 Å². The molecule has 6 nitrogen and oxygen atoms in total. The Morgan fingerprint density at radius 2 is 2.31 bits per heavy atom. The minimum absolute atomic E-state index is 0.0674. The highest BCUT2D eigenvalue weighted by Gasteiger charge is 2.38. The standard InChI is InChI=1S/C10H13N3O3/c14-6-10(4-1-5-10)11-9(16)7-2-3-8(15)13-12-7/h2-3,14H,1,4-6H2,(H,11,16)(H,13,15). The molecule has 1 amide bonds. The molecule has 0 unspecified atom stereocenters. The number of H-pyrrole nitrogens is 1. The predicted molar refractivity (Wildman–Crippen MR) is 56.0 cm³/mol. The first-order chi connectivity index (χ1) is 7.65. The minimum Gasteiger partial charge on any atom is -0.394 e. The third-order valence-corrected chi connectivity index (χ3v) is 2.90. The van der Waals surface area contributed by atoms with Gasteiger partial charge in [0.15, 0.2) is 0 Å². The lowest BCUT2D eigenvalue weighted by molar-refractivity contribution is 0.0636. The van der Waals surface area contributed by atoms with E-state index in [1.54, 1.807) is 0 Å². The first-order valence-electron chi connectivity index (χ1n) is 5.14. The summed E-state index contributed by atoms with van der Waals surface area (Å²) in [4.78, 5) is 22.5. The molecule has 0 spiro atoms. The number of nitrogens with one attached hydrogen (secondary N) is 2. The van der Waals surface area contributed by atoms with Crippen LogP contribution in [-0.2, 0) is 0 Å². The number of carbonyl (C=O) groups is 1. The lowest BCUT2D eigenvalue weighted by atomic mass is 9.77. The smallest absolute Gasteiger partial charge is 0.272 e. The van der Waals surface area contributed by atoms with Crippen LogP contribution in [-0.4, -0.2) is 33.4 Å². The van der Waals surface area contributed by atoms with E-state index < -0.39 is 5.54 Å². The van der Waals surface area contributed by atoms with Crippen LogP contribution < -0.4 is 10.9 Å². The highest BCUT2D eigenvalue weighted by molar-refractivity contribution is 5.92. The van der Waals surface area contributed by atoms with Gasteiger partial charge in [0.2, 0.25) is 0 Å². The van der Waals surface area contributed by atoms with Crippen molar-refractivity contribution in [1.82, 2.24) is 15.5 Å². The molecule has 1 heterocycles. The largest absolute Gasteiger partial charge is 0.394 e. The van der Waals surface area contributed by atoms with Crippen LogP contribution in [0.2, 0.25) is 0 Å². The Hall–Kier alpha value is -1.69. The molecule has 0 saturated heterocycles. The molecule has 1 fully saturated rings. The molecule has 1 aliphatic carbocycles. The number of nitrogens with zero attached hydrogens (tertiary/aromatic N) is 1. The van der Waals surface area contributed by atoms with Gasteiger partial charge in [-0.15, -0.1) is 0 Å². The Bertz CT molecular complexity index is 425. The van der Waals surface area contributed by atoms with E-state index in [-0.39, 0.29) is 23.8 Å². The van der Waals surface area contributed by atoms with E-state index in [1.165, 1.54) is 12.1 Å². The fraction of sp³-hybridized carbons (Fsp3) is 0.500. The maximum absolute atomic E-state index is 11.7. The molecule has 0 bridgehead atoms. The summed E-state index contributed by atoms with van der Waals surface area (Å²) in [6, 6.07) is 2.60. The molecule has 0 atom stereocenters. The fourth-order valence-corrected chi connectivity index (χ4v) is 1.70. The van der Waals surface area contributed by atoms with Gasteiger partial charge < -0.3 is 10.4 Å². The maximum atomic E-state index is 11.7. The summed E-state index contributed by atoms with van der Waals surface area (Å²) in [5.41, 5.74) is -0.689. The van der Waals surface area contributed by atoms with Gasteiger partial charge in [0.1, 0.15) is 5.69 Å². The van der Waals surface area contributed by atoms with E-state index in [1.807, 2.05) is 0 Å². The zero-order valence-corrected chi connectivity index (χ0v) is 8.69. The van der Waals surface area contributed by atoms with Gasteiger partial charge in [-0.1, -0.05) is 0 Å². The second kappa shape index (κ2) is 4.05. The van der Waals surface area contributed by atoms with Crippen molar-refractivity contribution in [1.29, 1.82) is 0 Å². The summed E-state index contributed by atoms with van der Waals surface area (Å²) < 4.78 is 0. The lowest BCUT2D eigenvalue weighted by Gasteiger charge is -2.40. The summed E-state index contributed by atoms with van der Waals surface area (Å²) in [5, 5.41) is 17.7. The first kappa shape index (κ1) is 10.8. The average Bonchev–Trinajstić information content (AvgIpc) is 2.24. The quantitative estimate of drug-likeness (QED) is 0.638. The molecule has 0 aliphatic heterocycles. The van der Waals surface area contributed by atoms with Crippen LogP contribution in [0.25, 0.3) is 0 Å². The Balaban J connectivity index is 2.08. The van der Waals surface area contributed by atoms with Crippen LogP contribution in [0.15, 0.2) is 16.9 Å². The molecule has 16 heavy (non-hydrogen) atoms. The molecule has 86 valence electrons. The molecule has 0 radical (unpaired) electrons. The summed E-state index contributed by atoms with van der Waals surface area (Å²) in [5.74, 6) is -0.370. The van der Waals surface area contributed by atoms with Gasteiger partial charge in [0.05, 0.1) is 12.1 Å². The van der Waals surface area contributed by atoms with Crippen molar-refractivity contribution in [3.05, 3.63) is 28.2 Å². The topological polar surface area (TPSA) is 95.1 Å². The first-order valence-corrected chi connectivity index (χ1v) is 5.14. The van der Waals surface area contributed by atoms with Gasteiger partial charge in [0.25, 0.3) is 11.5 Å². The molecule has 6 heteroatoms. The van der Waals surface area contributed by atoms with Crippen LogP contribution in [0.5, 0.6) is 0 Å². The second-order valence-electron chi connectivity index (χ2n) is 4.05. The third kappa shape index (κ3) is 1.96. The van der Waals surface area contributed by atoms with Gasteiger partial charge in [0, 0.05) is 6.07 Å². The summed E-state index contributed by atoms with van der Waals surface area (Å²) >= 11 is 0. The van der Waals surface area contributed by atoms with Crippen LogP contribution in [0.3, 0.4) is 0 Å². The zero-order valence-electron chi connectivity index (χ0n) is 8.69. The summed E-state index contributed by atoms with van der Waals surface area (Å²) in [7, 11) is 0. The van der Waals surface area contributed by atoms with Gasteiger partial charge in [-0.25, -0.2) is 5.10 Å². The number of aromatic amines is 1. The van der Waals surface area contributed by atoms with Gasteiger partial charge in [-0.05, 0) is 25.3 Å². The van der Waals surface area contributed by atoms with E-state index in [0.29, 0.717) is 0 Å². The third-order valence-electron chi connectivity index (χ3n) is 2.90. The van der Waals surface area contributed by atoms with Gasteiger partial charge in [-0.2, -0.15) is 5.10 Å². The van der Waals surface area contributed by atoms with Crippen molar-refractivity contribution in [2.75, 3.05) is 6.61 Å². The Morgan fingerprint density at radius 1 is 1.56 bits per heavy atom. The Labute approximate surface area is 91.7 Å².